The number of carboxylic acids is 1. The lowest BCUT2D eigenvalue weighted by atomic mass is 10.2. The number of carbonyl (C=O) groups is 5. The molecule has 0 spiro atoms. The first-order valence-corrected chi connectivity index (χ1v) is 6.00. The molecule has 0 radical (unpaired) electrons. The molecule has 2 aliphatic heterocycles. The highest BCUT2D eigenvalue weighted by atomic mass is 16.4. The summed E-state index contributed by atoms with van der Waals surface area (Å²) in [6.07, 6.45) is 0.880. The molecular formula is C11H13N3O6. The van der Waals surface area contributed by atoms with Crippen LogP contribution < -0.4 is 0 Å². The van der Waals surface area contributed by atoms with Gasteiger partial charge in [-0.3, -0.25) is 19.3 Å². The van der Waals surface area contributed by atoms with Crippen LogP contribution in [0.2, 0.25) is 0 Å². The third-order valence-corrected chi connectivity index (χ3v) is 3.40. The Bertz CT molecular complexity index is 516. The van der Waals surface area contributed by atoms with Crippen LogP contribution in [0.4, 0.5) is 4.79 Å². The number of amides is 5. The molecule has 0 aromatic heterocycles. The molecule has 0 saturated carbocycles. The monoisotopic (exact) mass is 283 g/mol. The highest BCUT2D eigenvalue weighted by Crippen LogP contribution is 2.19. The van der Waals surface area contributed by atoms with Crippen LogP contribution in [0.1, 0.15) is 12.8 Å². The molecule has 0 aromatic carbocycles. The molecule has 2 rings (SSSR count). The molecule has 0 aliphatic carbocycles. The van der Waals surface area contributed by atoms with Gasteiger partial charge in [-0.25, -0.2) is 14.5 Å². The molecule has 108 valence electrons. The van der Waals surface area contributed by atoms with E-state index in [9.17, 15) is 24.0 Å². The maximum absolute atomic E-state index is 12.0. The molecule has 2 fully saturated rings. The third kappa shape index (κ3) is 2.10. The molecular weight excluding hydrogens is 270 g/mol. The number of carboxylic acid groups (broad SMARTS) is 1. The van der Waals surface area contributed by atoms with Crippen LogP contribution in [0.5, 0.6) is 0 Å². The third-order valence-electron chi connectivity index (χ3n) is 3.40. The summed E-state index contributed by atoms with van der Waals surface area (Å²) < 4.78 is 0. The van der Waals surface area contributed by atoms with Gasteiger partial charge >= 0.3 is 23.8 Å². The Hall–Kier alpha value is -2.45. The summed E-state index contributed by atoms with van der Waals surface area (Å²) in [7, 11) is 1.14. The van der Waals surface area contributed by atoms with Crippen LogP contribution in [0.15, 0.2) is 0 Å². The zero-order valence-electron chi connectivity index (χ0n) is 10.7. The largest absolute Gasteiger partial charge is 0.480 e. The molecule has 20 heavy (non-hydrogen) atoms. The maximum Gasteiger partial charge on any atom is 0.334 e. The second-order valence-corrected chi connectivity index (χ2v) is 4.62. The van der Waals surface area contributed by atoms with E-state index in [1.54, 1.807) is 0 Å². The standard InChI is InChI=1S/C11H13N3O6/c1-12-8(16)9(17)14(11(12)20)5-7(15)13-4-2-3-6(13)10(18)19/h6H,2-5H2,1H3,(H,18,19). The predicted octanol–water partition coefficient (Wildman–Crippen LogP) is -1.52. The van der Waals surface area contributed by atoms with Gasteiger partial charge < -0.3 is 10.0 Å². The van der Waals surface area contributed by atoms with Crippen LogP contribution in [-0.2, 0) is 19.2 Å². The summed E-state index contributed by atoms with van der Waals surface area (Å²) in [6, 6.07) is -1.82. The van der Waals surface area contributed by atoms with Crippen molar-refractivity contribution in [3.63, 3.8) is 0 Å². The lowest BCUT2D eigenvalue weighted by molar-refractivity contribution is -0.149. The minimum absolute atomic E-state index is 0.260. The zero-order valence-corrected chi connectivity index (χ0v) is 10.7. The molecule has 0 aromatic rings. The van der Waals surface area contributed by atoms with E-state index in [1.165, 1.54) is 0 Å². The first-order valence-electron chi connectivity index (χ1n) is 6.00. The minimum Gasteiger partial charge on any atom is -0.480 e. The quantitative estimate of drug-likeness (QED) is 0.497. The predicted molar refractivity (Wildman–Crippen MR) is 62.2 cm³/mol. The molecule has 2 aliphatic rings. The normalized spacial score (nSPS) is 22.9. The summed E-state index contributed by atoms with van der Waals surface area (Å²) in [5.41, 5.74) is 0. The average molecular weight is 283 g/mol. The van der Waals surface area contributed by atoms with E-state index in [0.29, 0.717) is 22.6 Å². The van der Waals surface area contributed by atoms with Gasteiger partial charge in [-0.2, -0.15) is 0 Å². The Morgan fingerprint density at radius 1 is 1.25 bits per heavy atom. The van der Waals surface area contributed by atoms with E-state index in [2.05, 4.69) is 0 Å². The summed E-state index contributed by atoms with van der Waals surface area (Å²) in [5, 5.41) is 8.98. The molecule has 9 heteroatoms. The number of rotatable bonds is 3. The highest BCUT2D eigenvalue weighted by molar-refractivity contribution is 6.44. The Morgan fingerprint density at radius 3 is 2.40 bits per heavy atom. The first-order chi connectivity index (χ1) is 9.34. The van der Waals surface area contributed by atoms with Crippen LogP contribution in [-0.4, -0.2) is 75.7 Å². The van der Waals surface area contributed by atoms with E-state index >= 15 is 0 Å². The average Bonchev–Trinajstić information content (AvgIpc) is 2.96. The van der Waals surface area contributed by atoms with Gasteiger partial charge in [0.25, 0.3) is 0 Å². The van der Waals surface area contributed by atoms with Crippen molar-refractivity contribution < 1.29 is 29.1 Å². The van der Waals surface area contributed by atoms with E-state index < -0.39 is 42.3 Å². The Labute approximate surface area is 113 Å². The molecule has 0 bridgehead atoms. The van der Waals surface area contributed by atoms with Gasteiger partial charge in [0.1, 0.15) is 12.6 Å². The molecule has 2 heterocycles. The number of urea groups is 1. The van der Waals surface area contributed by atoms with Gasteiger partial charge in [-0.05, 0) is 12.8 Å². The molecule has 1 unspecified atom stereocenters. The van der Waals surface area contributed by atoms with Crippen molar-refractivity contribution in [3.05, 3.63) is 0 Å². The smallest absolute Gasteiger partial charge is 0.334 e. The van der Waals surface area contributed by atoms with Gasteiger partial charge in [0.05, 0.1) is 0 Å². The first kappa shape index (κ1) is 14.0. The van der Waals surface area contributed by atoms with Crippen molar-refractivity contribution in [2.75, 3.05) is 20.1 Å². The van der Waals surface area contributed by atoms with Crippen molar-refractivity contribution in [1.29, 1.82) is 0 Å². The van der Waals surface area contributed by atoms with Crippen molar-refractivity contribution in [3.8, 4) is 0 Å². The topological polar surface area (TPSA) is 115 Å². The fraction of sp³-hybridized carbons (Fsp3) is 0.545. The zero-order chi connectivity index (χ0) is 15.0. The van der Waals surface area contributed by atoms with Crippen LogP contribution in [0.3, 0.4) is 0 Å². The van der Waals surface area contributed by atoms with Crippen LogP contribution >= 0.6 is 0 Å². The van der Waals surface area contributed by atoms with Gasteiger partial charge in [-0.15, -0.1) is 0 Å². The second kappa shape index (κ2) is 4.91. The second-order valence-electron chi connectivity index (χ2n) is 4.62. The van der Waals surface area contributed by atoms with E-state index in [4.69, 9.17) is 5.11 Å². The Morgan fingerprint density at radius 2 is 1.90 bits per heavy atom. The summed E-state index contributed by atoms with van der Waals surface area (Å²) in [6.45, 7) is -0.354. The number of hydrogen-bond acceptors (Lipinski definition) is 5. The van der Waals surface area contributed by atoms with Gasteiger partial charge in [-0.1, -0.05) is 0 Å². The maximum atomic E-state index is 12.0. The molecule has 1 N–H and O–H groups in total. The van der Waals surface area contributed by atoms with Crippen molar-refractivity contribution >= 4 is 29.7 Å². The van der Waals surface area contributed by atoms with Crippen molar-refractivity contribution in [2.24, 2.45) is 0 Å². The van der Waals surface area contributed by atoms with Gasteiger partial charge in [0.15, 0.2) is 0 Å². The minimum atomic E-state index is -1.12. The summed E-state index contributed by atoms with van der Waals surface area (Å²) in [5.74, 6) is -3.85. The Balaban J connectivity index is 2.09. The number of likely N-dealkylation sites (tertiary alicyclic amines) is 1. The number of carbonyl (C=O) groups excluding carboxylic acids is 4. The molecule has 1 atom stereocenters. The SMILES string of the molecule is CN1C(=O)C(=O)N(CC(=O)N2CCCC2C(=O)O)C1=O. The summed E-state index contributed by atoms with van der Waals surface area (Å²) in [4.78, 5) is 59.7. The van der Waals surface area contributed by atoms with Crippen LogP contribution in [0.25, 0.3) is 0 Å². The van der Waals surface area contributed by atoms with Gasteiger partial charge in [0, 0.05) is 13.6 Å². The van der Waals surface area contributed by atoms with Crippen LogP contribution in [0, 0.1) is 0 Å². The highest BCUT2D eigenvalue weighted by Gasteiger charge is 2.44. The van der Waals surface area contributed by atoms with Crippen molar-refractivity contribution in [2.45, 2.75) is 18.9 Å². The number of nitrogens with zero attached hydrogens (tertiary/aromatic N) is 3. The molecule has 2 saturated heterocycles. The number of imide groups is 2. The number of hydrogen-bond donors (Lipinski definition) is 1. The number of likely N-dealkylation sites (N-methyl/N-ethyl adjacent to an activating group) is 1. The van der Waals surface area contributed by atoms with Crippen molar-refractivity contribution in [1.82, 2.24) is 14.7 Å². The van der Waals surface area contributed by atoms with E-state index in [-0.39, 0.29) is 6.54 Å². The fourth-order valence-corrected chi connectivity index (χ4v) is 2.30. The van der Waals surface area contributed by atoms with Gasteiger partial charge in [0.2, 0.25) is 5.91 Å². The van der Waals surface area contributed by atoms with E-state index in [0.717, 1.165) is 11.9 Å². The lowest BCUT2D eigenvalue weighted by Gasteiger charge is -2.23. The molecule has 5 amide bonds. The Kier molecular flexibility index (Phi) is 3.43. The summed E-state index contributed by atoms with van der Waals surface area (Å²) >= 11 is 0. The molecule has 9 nitrogen and oxygen atoms in total. The number of aliphatic carboxylic acids is 1. The van der Waals surface area contributed by atoms with E-state index in [1.807, 2.05) is 0 Å². The lowest BCUT2D eigenvalue weighted by Crippen LogP contribution is -2.47. The fourth-order valence-electron chi connectivity index (χ4n) is 2.30.